The van der Waals surface area contributed by atoms with Crippen molar-refractivity contribution in [3.8, 4) is 0 Å². The van der Waals surface area contributed by atoms with Crippen molar-refractivity contribution in [1.82, 2.24) is 0 Å². The van der Waals surface area contributed by atoms with E-state index in [2.05, 4.69) is 0 Å². The highest BCUT2D eigenvalue weighted by Gasteiger charge is 2.67. The van der Waals surface area contributed by atoms with Crippen molar-refractivity contribution in [1.29, 1.82) is 0 Å². The molecule has 0 spiro atoms. The van der Waals surface area contributed by atoms with Crippen LogP contribution in [0.4, 0.5) is 4.39 Å². The van der Waals surface area contributed by atoms with E-state index in [1.54, 1.807) is 0 Å². The lowest BCUT2D eigenvalue weighted by Crippen LogP contribution is -2.36. The van der Waals surface area contributed by atoms with Crippen LogP contribution in [0.25, 0.3) is 0 Å². The molecule has 6 heteroatoms. The molecule has 2 rings (SSSR count). The van der Waals surface area contributed by atoms with E-state index in [0.717, 1.165) is 6.07 Å². The summed E-state index contributed by atoms with van der Waals surface area (Å²) in [5.74, 6) is -2.44. The molecule has 1 fully saturated rings. The van der Waals surface area contributed by atoms with Gasteiger partial charge in [-0.3, -0.25) is 9.59 Å². The van der Waals surface area contributed by atoms with Gasteiger partial charge in [0.1, 0.15) is 5.82 Å². The fourth-order valence-corrected chi connectivity index (χ4v) is 1.70. The first-order chi connectivity index (χ1) is 7.50. The number of amides is 2. The highest BCUT2D eigenvalue weighted by Crippen LogP contribution is 2.46. The molecule has 0 radical (unpaired) electrons. The fourth-order valence-electron chi connectivity index (χ4n) is 1.70. The Hall–Kier alpha value is -1.95. The predicted molar refractivity (Wildman–Crippen MR) is 51.3 cm³/mol. The summed E-state index contributed by atoms with van der Waals surface area (Å²) in [7, 11) is 0. The van der Waals surface area contributed by atoms with Crippen molar-refractivity contribution in [2.45, 2.75) is 11.7 Å². The van der Waals surface area contributed by atoms with E-state index < -0.39 is 29.3 Å². The number of ether oxygens (including phenoxy) is 1. The number of rotatable bonds is 3. The van der Waals surface area contributed by atoms with Crippen molar-refractivity contribution in [2.24, 2.45) is 11.5 Å². The van der Waals surface area contributed by atoms with Gasteiger partial charge in [0, 0.05) is 5.56 Å². The number of primary amides is 2. The molecule has 1 aliphatic heterocycles. The molecule has 1 heterocycles. The number of epoxide rings is 1. The Balaban J connectivity index is 2.49. The van der Waals surface area contributed by atoms with Crippen LogP contribution in [-0.4, -0.2) is 17.9 Å². The average molecular weight is 224 g/mol. The van der Waals surface area contributed by atoms with Crippen LogP contribution in [0.1, 0.15) is 5.56 Å². The molecule has 1 saturated heterocycles. The molecular formula is C10H9FN2O3. The molecule has 0 aromatic heterocycles. The molecule has 0 aliphatic carbocycles. The third-order valence-corrected chi connectivity index (χ3v) is 2.51. The van der Waals surface area contributed by atoms with E-state index in [9.17, 15) is 14.0 Å². The van der Waals surface area contributed by atoms with Crippen molar-refractivity contribution in [3.05, 3.63) is 35.6 Å². The number of carbonyl (C=O) groups excluding carboxylic acids is 2. The Morgan fingerprint density at radius 3 is 2.38 bits per heavy atom. The number of hydrogen-bond donors (Lipinski definition) is 2. The highest BCUT2D eigenvalue weighted by atomic mass is 19.1. The standard InChI is InChI=1S/C10H9FN2O3/c11-6-4-2-1-3-5(6)10(9(13)15)7(16-10)8(12)14/h1-4,7H,(H2,12,14)(H2,13,15). The molecule has 16 heavy (non-hydrogen) atoms. The normalized spacial score (nSPS) is 27.4. The van der Waals surface area contributed by atoms with Gasteiger partial charge < -0.3 is 16.2 Å². The average Bonchev–Trinajstić information content (AvgIpc) is 2.94. The minimum Gasteiger partial charge on any atom is -0.367 e. The number of hydrogen-bond acceptors (Lipinski definition) is 3. The summed E-state index contributed by atoms with van der Waals surface area (Å²) in [5, 5.41) is 0. The van der Waals surface area contributed by atoms with Crippen molar-refractivity contribution < 1.29 is 18.7 Å². The lowest BCUT2D eigenvalue weighted by molar-refractivity contribution is -0.124. The smallest absolute Gasteiger partial charge is 0.257 e. The van der Waals surface area contributed by atoms with Crippen LogP contribution in [0.15, 0.2) is 24.3 Å². The van der Waals surface area contributed by atoms with Crippen LogP contribution in [-0.2, 0) is 19.9 Å². The lowest BCUT2D eigenvalue weighted by atomic mass is 9.94. The molecular weight excluding hydrogens is 215 g/mol. The van der Waals surface area contributed by atoms with E-state index in [1.807, 2.05) is 0 Å². The van der Waals surface area contributed by atoms with Gasteiger partial charge in [0.2, 0.25) is 5.60 Å². The summed E-state index contributed by atoms with van der Waals surface area (Å²) in [6, 6.07) is 5.46. The van der Waals surface area contributed by atoms with E-state index in [1.165, 1.54) is 18.2 Å². The van der Waals surface area contributed by atoms with Gasteiger partial charge in [-0.1, -0.05) is 18.2 Å². The summed E-state index contributed by atoms with van der Waals surface area (Å²) in [4.78, 5) is 22.2. The van der Waals surface area contributed by atoms with Gasteiger partial charge in [0.15, 0.2) is 6.10 Å². The van der Waals surface area contributed by atoms with Crippen molar-refractivity contribution >= 4 is 11.8 Å². The molecule has 4 N–H and O–H groups in total. The minimum atomic E-state index is -1.74. The topological polar surface area (TPSA) is 98.7 Å². The summed E-state index contributed by atoms with van der Waals surface area (Å²) in [5.41, 5.74) is 8.33. The number of nitrogens with two attached hydrogens (primary N) is 2. The Morgan fingerprint density at radius 2 is 1.94 bits per heavy atom. The molecule has 2 atom stereocenters. The molecule has 5 nitrogen and oxygen atoms in total. The number of carbonyl (C=O) groups is 2. The van der Waals surface area contributed by atoms with E-state index in [4.69, 9.17) is 16.2 Å². The van der Waals surface area contributed by atoms with Gasteiger partial charge in [-0.2, -0.15) is 0 Å². The van der Waals surface area contributed by atoms with Crippen LogP contribution in [0.5, 0.6) is 0 Å². The van der Waals surface area contributed by atoms with Crippen LogP contribution in [0.2, 0.25) is 0 Å². The predicted octanol–water partition coefficient (Wildman–Crippen LogP) is -0.610. The number of benzene rings is 1. The van der Waals surface area contributed by atoms with Gasteiger partial charge in [-0.25, -0.2) is 4.39 Å². The largest absolute Gasteiger partial charge is 0.367 e. The first kappa shape index (κ1) is 10.6. The zero-order valence-electron chi connectivity index (χ0n) is 8.14. The van der Waals surface area contributed by atoms with E-state index >= 15 is 0 Å². The monoisotopic (exact) mass is 224 g/mol. The minimum absolute atomic E-state index is 0.0636. The summed E-state index contributed by atoms with van der Waals surface area (Å²) >= 11 is 0. The van der Waals surface area contributed by atoms with Crippen molar-refractivity contribution in [3.63, 3.8) is 0 Å². The van der Waals surface area contributed by atoms with Crippen LogP contribution >= 0.6 is 0 Å². The third-order valence-electron chi connectivity index (χ3n) is 2.51. The first-order valence-corrected chi connectivity index (χ1v) is 4.52. The lowest BCUT2D eigenvalue weighted by Gasteiger charge is -2.09. The van der Waals surface area contributed by atoms with Crippen LogP contribution < -0.4 is 11.5 Å². The van der Waals surface area contributed by atoms with E-state index in [-0.39, 0.29) is 5.56 Å². The molecule has 1 aliphatic rings. The van der Waals surface area contributed by atoms with Gasteiger partial charge >= 0.3 is 0 Å². The molecule has 2 unspecified atom stereocenters. The van der Waals surface area contributed by atoms with Gasteiger partial charge in [0.25, 0.3) is 11.8 Å². The third kappa shape index (κ3) is 1.27. The zero-order valence-corrected chi connectivity index (χ0v) is 8.14. The molecule has 2 amide bonds. The second-order valence-corrected chi connectivity index (χ2v) is 3.48. The maximum Gasteiger partial charge on any atom is 0.257 e. The van der Waals surface area contributed by atoms with Crippen molar-refractivity contribution in [2.75, 3.05) is 0 Å². The first-order valence-electron chi connectivity index (χ1n) is 4.52. The maximum absolute atomic E-state index is 13.5. The second kappa shape index (κ2) is 3.28. The quantitative estimate of drug-likeness (QED) is 0.670. The van der Waals surface area contributed by atoms with Gasteiger partial charge in [-0.15, -0.1) is 0 Å². The Labute approximate surface area is 90.2 Å². The fraction of sp³-hybridized carbons (Fsp3) is 0.200. The Kier molecular flexibility index (Phi) is 2.16. The number of halogens is 1. The molecule has 0 saturated carbocycles. The maximum atomic E-state index is 13.5. The molecule has 1 aromatic carbocycles. The van der Waals surface area contributed by atoms with Gasteiger partial charge in [-0.05, 0) is 6.07 Å². The van der Waals surface area contributed by atoms with Gasteiger partial charge in [0.05, 0.1) is 0 Å². The van der Waals surface area contributed by atoms with Crippen LogP contribution in [0.3, 0.4) is 0 Å². The van der Waals surface area contributed by atoms with Crippen LogP contribution in [0, 0.1) is 5.82 Å². The molecule has 84 valence electrons. The highest BCUT2D eigenvalue weighted by molar-refractivity contribution is 5.98. The van der Waals surface area contributed by atoms with E-state index in [0.29, 0.717) is 0 Å². The summed E-state index contributed by atoms with van der Waals surface area (Å²) < 4.78 is 18.4. The summed E-state index contributed by atoms with van der Waals surface area (Å²) in [6.07, 6.45) is -1.19. The Morgan fingerprint density at radius 1 is 1.31 bits per heavy atom. The summed E-state index contributed by atoms with van der Waals surface area (Å²) in [6.45, 7) is 0. The molecule has 1 aromatic rings. The molecule has 0 bridgehead atoms. The Bertz CT molecular complexity index is 477. The SMILES string of the molecule is NC(=O)C1OC1(C(N)=O)c1ccccc1F. The zero-order chi connectivity index (χ0) is 11.9. The second-order valence-electron chi connectivity index (χ2n) is 3.48.